The number of carbonyl (C=O) groups is 1. The van der Waals surface area contributed by atoms with Crippen molar-refractivity contribution >= 4 is 27.3 Å². The van der Waals surface area contributed by atoms with Gasteiger partial charge in [0.25, 0.3) is 5.91 Å². The first-order chi connectivity index (χ1) is 14.0. The SMILES string of the molecule is O=C(Nc1ccc(N2CCCS2(=O)=O)cc1)c1ccc(OCC2CCCO2)cc1. The average molecular weight is 416 g/mol. The number of rotatable bonds is 6. The van der Waals surface area contributed by atoms with Crippen LogP contribution in [0.1, 0.15) is 29.6 Å². The summed E-state index contributed by atoms with van der Waals surface area (Å²) in [6.07, 6.45) is 2.87. The minimum atomic E-state index is -3.21. The van der Waals surface area contributed by atoms with Crippen LogP contribution in [0.3, 0.4) is 0 Å². The molecule has 1 atom stereocenters. The van der Waals surface area contributed by atoms with Gasteiger partial charge in [-0.3, -0.25) is 9.10 Å². The molecular weight excluding hydrogens is 392 g/mol. The second kappa shape index (κ2) is 8.42. The molecular formula is C21H24N2O5S. The minimum absolute atomic E-state index is 0.150. The van der Waals surface area contributed by atoms with E-state index in [9.17, 15) is 13.2 Å². The van der Waals surface area contributed by atoms with Crippen LogP contribution in [0.4, 0.5) is 11.4 Å². The maximum atomic E-state index is 12.5. The average Bonchev–Trinajstić information content (AvgIpc) is 3.36. The van der Waals surface area contributed by atoms with Crippen molar-refractivity contribution in [2.45, 2.75) is 25.4 Å². The van der Waals surface area contributed by atoms with Crippen LogP contribution in [-0.2, 0) is 14.8 Å². The largest absolute Gasteiger partial charge is 0.491 e. The van der Waals surface area contributed by atoms with E-state index in [4.69, 9.17) is 9.47 Å². The van der Waals surface area contributed by atoms with E-state index < -0.39 is 10.0 Å². The van der Waals surface area contributed by atoms with Gasteiger partial charge < -0.3 is 14.8 Å². The summed E-state index contributed by atoms with van der Waals surface area (Å²) in [6.45, 7) is 1.81. The van der Waals surface area contributed by atoms with E-state index in [0.29, 0.717) is 42.3 Å². The molecule has 2 aromatic carbocycles. The van der Waals surface area contributed by atoms with Crippen LogP contribution < -0.4 is 14.4 Å². The fourth-order valence-electron chi connectivity index (χ4n) is 3.51. The summed E-state index contributed by atoms with van der Waals surface area (Å²) in [5.41, 5.74) is 1.74. The summed E-state index contributed by atoms with van der Waals surface area (Å²) >= 11 is 0. The molecule has 1 N–H and O–H groups in total. The van der Waals surface area contributed by atoms with Crippen molar-refractivity contribution in [2.75, 3.05) is 35.1 Å². The molecule has 4 rings (SSSR count). The van der Waals surface area contributed by atoms with Gasteiger partial charge in [0, 0.05) is 24.4 Å². The predicted molar refractivity (Wildman–Crippen MR) is 111 cm³/mol. The Kier molecular flexibility index (Phi) is 5.73. The molecule has 7 nitrogen and oxygen atoms in total. The Balaban J connectivity index is 1.34. The number of benzene rings is 2. The summed E-state index contributed by atoms with van der Waals surface area (Å²) < 4.78 is 36.6. The maximum absolute atomic E-state index is 12.5. The van der Waals surface area contributed by atoms with Gasteiger partial charge in [0.2, 0.25) is 10.0 Å². The van der Waals surface area contributed by atoms with Crippen molar-refractivity contribution in [1.29, 1.82) is 0 Å². The third-order valence-corrected chi connectivity index (χ3v) is 6.96. The molecule has 29 heavy (non-hydrogen) atoms. The van der Waals surface area contributed by atoms with Gasteiger partial charge in [-0.05, 0) is 67.8 Å². The van der Waals surface area contributed by atoms with Crippen LogP contribution in [0.5, 0.6) is 5.75 Å². The zero-order valence-electron chi connectivity index (χ0n) is 16.0. The Labute approximate surface area is 170 Å². The quantitative estimate of drug-likeness (QED) is 0.782. The van der Waals surface area contributed by atoms with E-state index >= 15 is 0 Å². The standard InChI is InChI=1S/C21H24N2O5S/c24-21(16-4-10-19(11-5-16)28-15-20-3-1-13-27-20)22-17-6-8-18(9-7-17)23-12-2-14-29(23,25)26/h4-11,20H,1-3,12-15H2,(H,22,24). The lowest BCUT2D eigenvalue weighted by Gasteiger charge is -2.17. The van der Waals surface area contributed by atoms with Gasteiger partial charge in [0.1, 0.15) is 12.4 Å². The molecule has 1 unspecified atom stereocenters. The molecule has 2 aromatic rings. The summed E-state index contributed by atoms with van der Waals surface area (Å²) in [4.78, 5) is 12.5. The lowest BCUT2D eigenvalue weighted by Crippen LogP contribution is -2.24. The normalized spacial score (nSPS) is 20.6. The van der Waals surface area contributed by atoms with Gasteiger partial charge in [-0.15, -0.1) is 0 Å². The fraction of sp³-hybridized carbons (Fsp3) is 0.381. The van der Waals surface area contributed by atoms with E-state index in [0.717, 1.165) is 19.4 Å². The maximum Gasteiger partial charge on any atom is 0.255 e. The Morgan fingerprint density at radius 3 is 2.48 bits per heavy atom. The first-order valence-electron chi connectivity index (χ1n) is 9.77. The summed E-state index contributed by atoms with van der Waals surface area (Å²) in [5.74, 6) is 0.643. The molecule has 0 aromatic heterocycles. The first kappa shape index (κ1) is 19.7. The fourth-order valence-corrected chi connectivity index (χ4v) is 5.08. The number of nitrogens with one attached hydrogen (secondary N) is 1. The van der Waals surface area contributed by atoms with Crippen LogP contribution in [0, 0.1) is 0 Å². The van der Waals surface area contributed by atoms with Crippen LogP contribution in [-0.4, -0.2) is 45.9 Å². The van der Waals surface area contributed by atoms with Crippen LogP contribution >= 0.6 is 0 Å². The van der Waals surface area contributed by atoms with Crippen molar-refractivity contribution in [3.8, 4) is 5.75 Å². The van der Waals surface area contributed by atoms with Crippen molar-refractivity contribution in [3.05, 3.63) is 54.1 Å². The molecule has 0 radical (unpaired) electrons. The highest BCUT2D eigenvalue weighted by Crippen LogP contribution is 2.25. The summed E-state index contributed by atoms with van der Waals surface area (Å²) in [6, 6.07) is 13.8. The molecule has 0 saturated carbocycles. The Morgan fingerprint density at radius 1 is 1.10 bits per heavy atom. The molecule has 8 heteroatoms. The number of nitrogens with zero attached hydrogens (tertiary/aromatic N) is 1. The van der Waals surface area contributed by atoms with Crippen molar-refractivity contribution in [1.82, 2.24) is 0 Å². The predicted octanol–water partition coefficient (Wildman–Crippen LogP) is 3.04. The van der Waals surface area contributed by atoms with E-state index in [1.165, 1.54) is 4.31 Å². The number of amides is 1. The third-order valence-electron chi connectivity index (χ3n) is 5.09. The smallest absolute Gasteiger partial charge is 0.255 e. The van der Waals surface area contributed by atoms with Crippen LogP contribution in [0.25, 0.3) is 0 Å². The number of carbonyl (C=O) groups excluding carboxylic acids is 1. The number of anilines is 2. The van der Waals surface area contributed by atoms with E-state index in [1.807, 2.05) is 0 Å². The van der Waals surface area contributed by atoms with E-state index in [-0.39, 0.29) is 17.8 Å². The van der Waals surface area contributed by atoms with Gasteiger partial charge in [-0.1, -0.05) is 0 Å². The highest BCUT2D eigenvalue weighted by atomic mass is 32.2. The molecule has 0 bridgehead atoms. The monoisotopic (exact) mass is 416 g/mol. The van der Waals surface area contributed by atoms with E-state index in [2.05, 4.69) is 5.32 Å². The van der Waals surface area contributed by atoms with Gasteiger partial charge in [0.05, 0.1) is 17.5 Å². The molecule has 154 valence electrons. The Bertz CT molecular complexity index is 952. The van der Waals surface area contributed by atoms with Crippen molar-refractivity contribution in [3.63, 3.8) is 0 Å². The molecule has 2 fully saturated rings. The molecule has 2 saturated heterocycles. The van der Waals surface area contributed by atoms with Crippen LogP contribution in [0.2, 0.25) is 0 Å². The Hall–Kier alpha value is -2.58. The van der Waals surface area contributed by atoms with Gasteiger partial charge >= 0.3 is 0 Å². The summed E-state index contributed by atoms with van der Waals surface area (Å²) in [5, 5.41) is 2.83. The van der Waals surface area contributed by atoms with Gasteiger partial charge in [-0.2, -0.15) is 0 Å². The lowest BCUT2D eigenvalue weighted by molar-refractivity contribution is 0.0679. The number of sulfonamides is 1. The van der Waals surface area contributed by atoms with Gasteiger partial charge in [-0.25, -0.2) is 8.42 Å². The van der Waals surface area contributed by atoms with Gasteiger partial charge in [0.15, 0.2) is 0 Å². The molecule has 0 spiro atoms. The highest BCUT2D eigenvalue weighted by molar-refractivity contribution is 7.93. The highest BCUT2D eigenvalue weighted by Gasteiger charge is 2.28. The zero-order valence-corrected chi connectivity index (χ0v) is 16.9. The number of hydrogen-bond donors (Lipinski definition) is 1. The Morgan fingerprint density at radius 2 is 1.86 bits per heavy atom. The lowest BCUT2D eigenvalue weighted by atomic mass is 10.2. The molecule has 2 aliphatic rings. The zero-order chi connectivity index (χ0) is 20.3. The summed E-state index contributed by atoms with van der Waals surface area (Å²) in [7, 11) is -3.21. The number of hydrogen-bond acceptors (Lipinski definition) is 5. The number of ether oxygens (including phenoxy) is 2. The minimum Gasteiger partial charge on any atom is -0.491 e. The van der Waals surface area contributed by atoms with Crippen LogP contribution in [0.15, 0.2) is 48.5 Å². The third kappa shape index (κ3) is 4.71. The second-order valence-corrected chi connectivity index (χ2v) is 9.23. The molecule has 2 aliphatic heterocycles. The molecule has 2 heterocycles. The topological polar surface area (TPSA) is 84.9 Å². The van der Waals surface area contributed by atoms with Crippen molar-refractivity contribution < 1.29 is 22.7 Å². The van der Waals surface area contributed by atoms with E-state index in [1.54, 1.807) is 48.5 Å². The molecule has 1 amide bonds. The first-order valence-corrected chi connectivity index (χ1v) is 11.4. The molecule has 0 aliphatic carbocycles. The van der Waals surface area contributed by atoms with Crippen molar-refractivity contribution in [2.24, 2.45) is 0 Å². The second-order valence-electron chi connectivity index (χ2n) is 7.21.